The summed E-state index contributed by atoms with van der Waals surface area (Å²) in [6.45, 7) is 1.03. The number of hydrogen-bond acceptors (Lipinski definition) is 6. The van der Waals surface area contributed by atoms with Crippen LogP contribution in [0.3, 0.4) is 0 Å². The number of halogens is 2. The Hall–Kier alpha value is -2.72. The number of rotatable bonds is 9. The molecule has 0 saturated carbocycles. The Labute approximate surface area is 226 Å². The smallest absolute Gasteiger partial charge is 0.243 e. The summed E-state index contributed by atoms with van der Waals surface area (Å²) in [5.74, 6) is -1.33. The Bertz CT molecular complexity index is 1130. The van der Waals surface area contributed by atoms with Gasteiger partial charge < -0.3 is 21.7 Å². The minimum absolute atomic E-state index is 0.0626. The van der Waals surface area contributed by atoms with Crippen molar-refractivity contribution in [2.24, 2.45) is 11.5 Å². The number of fused-ring (bicyclic) bond motifs is 1. The van der Waals surface area contributed by atoms with Crippen molar-refractivity contribution < 1.29 is 14.4 Å². The molecule has 9 nitrogen and oxygen atoms in total. The van der Waals surface area contributed by atoms with Crippen LogP contribution in [0.4, 0.5) is 0 Å². The van der Waals surface area contributed by atoms with Gasteiger partial charge in [-0.25, -0.2) is 4.98 Å². The van der Waals surface area contributed by atoms with E-state index in [9.17, 15) is 14.4 Å². The Balaban J connectivity index is 1.50. The summed E-state index contributed by atoms with van der Waals surface area (Å²) in [6.07, 6.45) is 2.64. The van der Waals surface area contributed by atoms with Crippen LogP contribution < -0.4 is 16.8 Å². The second-order valence-corrected chi connectivity index (χ2v) is 10.5. The maximum atomic E-state index is 13.7. The van der Waals surface area contributed by atoms with E-state index < -0.39 is 23.9 Å². The molecule has 5 N–H and O–H groups in total. The summed E-state index contributed by atoms with van der Waals surface area (Å²) in [4.78, 5) is 46.8. The number of aryl methyl sites for hydroxylation is 1. The molecule has 1 aromatic carbocycles. The monoisotopic (exact) mass is 546 g/mol. The third-order valence-electron chi connectivity index (χ3n) is 7.10. The van der Waals surface area contributed by atoms with Gasteiger partial charge in [0.15, 0.2) is 0 Å². The highest BCUT2D eigenvalue weighted by Crippen LogP contribution is 2.30. The summed E-state index contributed by atoms with van der Waals surface area (Å²) in [6, 6.07) is 12.0. The summed E-state index contributed by atoms with van der Waals surface area (Å²) >= 11 is 11.9. The number of carbonyl (C=O) groups excluding carboxylic acids is 3. The van der Waals surface area contributed by atoms with E-state index in [0.717, 1.165) is 12.8 Å². The van der Waals surface area contributed by atoms with E-state index in [1.807, 2.05) is 18.2 Å². The second-order valence-electron chi connectivity index (χ2n) is 9.69. The number of primary amides is 1. The van der Waals surface area contributed by atoms with E-state index in [0.29, 0.717) is 36.6 Å². The molecule has 1 unspecified atom stereocenters. The fraction of sp³-hybridized carbons (Fsp3) is 0.462. The normalized spacial score (nSPS) is 22.8. The standard InChI is InChI=1S/C26H32Cl2N6O3/c27-20-9-7-18(32-24(20)28)14-31-25(36)21(13-23(30)35)33-11-10-19(8-6-16-4-2-1-3-5-16)34-15-17(29)12-22(34)26(33)37/h1-5,7,9,17,19,21-22H,6,8,10-15,29H2,(H2,30,35)(H,31,36)/t17-,19?,21-,22+/m1/s1. The van der Waals surface area contributed by atoms with E-state index in [1.54, 1.807) is 12.1 Å². The van der Waals surface area contributed by atoms with Gasteiger partial charge in [0.25, 0.3) is 0 Å². The molecule has 198 valence electrons. The number of nitrogens with one attached hydrogen (secondary N) is 1. The van der Waals surface area contributed by atoms with Crippen molar-refractivity contribution >= 4 is 40.9 Å². The zero-order chi connectivity index (χ0) is 26.5. The fourth-order valence-corrected chi connectivity index (χ4v) is 5.55. The zero-order valence-electron chi connectivity index (χ0n) is 20.5. The van der Waals surface area contributed by atoms with E-state index in [2.05, 4.69) is 27.3 Å². The minimum Gasteiger partial charge on any atom is -0.370 e. The molecule has 2 aliphatic rings. The summed E-state index contributed by atoms with van der Waals surface area (Å²) in [5, 5.41) is 3.21. The number of carbonyl (C=O) groups is 3. The number of pyridine rings is 1. The van der Waals surface area contributed by atoms with Crippen LogP contribution in [0.1, 0.15) is 36.9 Å². The van der Waals surface area contributed by atoms with Crippen molar-refractivity contribution in [3.8, 4) is 0 Å². The van der Waals surface area contributed by atoms with Crippen LogP contribution in [-0.4, -0.2) is 69.8 Å². The molecule has 2 aromatic rings. The number of amides is 3. The van der Waals surface area contributed by atoms with Crippen LogP contribution in [0.25, 0.3) is 0 Å². The van der Waals surface area contributed by atoms with Crippen LogP contribution >= 0.6 is 23.2 Å². The maximum Gasteiger partial charge on any atom is 0.243 e. The quantitative estimate of drug-likeness (QED) is 0.411. The number of aromatic nitrogens is 1. The molecule has 0 radical (unpaired) electrons. The van der Waals surface area contributed by atoms with Gasteiger partial charge in [-0.3, -0.25) is 19.3 Å². The van der Waals surface area contributed by atoms with E-state index in [1.165, 1.54) is 10.5 Å². The molecular weight excluding hydrogens is 515 g/mol. The predicted molar refractivity (Wildman–Crippen MR) is 142 cm³/mol. The molecule has 4 atom stereocenters. The fourth-order valence-electron chi connectivity index (χ4n) is 5.28. The van der Waals surface area contributed by atoms with E-state index in [4.69, 9.17) is 34.7 Å². The summed E-state index contributed by atoms with van der Waals surface area (Å²) < 4.78 is 0. The Morgan fingerprint density at radius 3 is 2.62 bits per heavy atom. The average Bonchev–Trinajstić information content (AvgIpc) is 3.22. The van der Waals surface area contributed by atoms with Crippen molar-refractivity contribution in [1.29, 1.82) is 0 Å². The molecule has 0 spiro atoms. The molecule has 37 heavy (non-hydrogen) atoms. The minimum atomic E-state index is -1.03. The lowest BCUT2D eigenvalue weighted by Gasteiger charge is -2.32. The predicted octanol–water partition coefficient (Wildman–Crippen LogP) is 1.88. The molecule has 2 aliphatic heterocycles. The van der Waals surface area contributed by atoms with Gasteiger partial charge in [-0.2, -0.15) is 0 Å². The van der Waals surface area contributed by atoms with Gasteiger partial charge >= 0.3 is 0 Å². The van der Waals surface area contributed by atoms with Gasteiger partial charge in [-0.05, 0) is 43.4 Å². The lowest BCUT2D eigenvalue weighted by Crippen LogP contribution is -2.54. The van der Waals surface area contributed by atoms with Gasteiger partial charge in [0.05, 0.1) is 29.7 Å². The van der Waals surface area contributed by atoms with Crippen LogP contribution in [0.2, 0.25) is 10.2 Å². The number of nitrogens with two attached hydrogens (primary N) is 2. The maximum absolute atomic E-state index is 13.7. The van der Waals surface area contributed by atoms with Gasteiger partial charge in [0.1, 0.15) is 11.2 Å². The van der Waals surface area contributed by atoms with Crippen LogP contribution in [0, 0.1) is 0 Å². The summed E-state index contributed by atoms with van der Waals surface area (Å²) in [5.41, 5.74) is 13.5. The van der Waals surface area contributed by atoms with Crippen molar-refractivity contribution in [3.63, 3.8) is 0 Å². The van der Waals surface area contributed by atoms with Gasteiger partial charge in [0, 0.05) is 25.2 Å². The van der Waals surface area contributed by atoms with Crippen molar-refractivity contribution in [2.75, 3.05) is 13.1 Å². The first-order valence-corrected chi connectivity index (χ1v) is 13.2. The highest BCUT2D eigenvalue weighted by atomic mass is 35.5. The largest absolute Gasteiger partial charge is 0.370 e. The lowest BCUT2D eigenvalue weighted by atomic mass is 10.0. The lowest BCUT2D eigenvalue weighted by molar-refractivity contribution is -0.144. The summed E-state index contributed by atoms with van der Waals surface area (Å²) in [7, 11) is 0. The zero-order valence-corrected chi connectivity index (χ0v) is 22.0. The average molecular weight is 547 g/mol. The first-order chi connectivity index (χ1) is 17.7. The molecule has 0 bridgehead atoms. The molecule has 2 saturated heterocycles. The Morgan fingerprint density at radius 2 is 1.92 bits per heavy atom. The van der Waals surface area contributed by atoms with Gasteiger partial charge in [-0.1, -0.05) is 53.5 Å². The third kappa shape index (κ3) is 6.78. The topological polar surface area (TPSA) is 135 Å². The van der Waals surface area contributed by atoms with Gasteiger partial charge in [-0.15, -0.1) is 0 Å². The molecule has 4 rings (SSSR count). The molecule has 0 aliphatic carbocycles. The molecule has 2 fully saturated rings. The third-order valence-corrected chi connectivity index (χ3v) is 7.79. The number of benzene rings is 1. The number of hydrogen-bond donors (Lipinski definition) is 3. The van der Waals surface area contributed by atoms with E-state index in [-0.39, 0.29) is 36.1 Å². The first-order valence-electron chi connectivity index (χ1n) is 12.5. The van der Waals surface area contributed by atoms with Crippen molar-refractivity contribution in [2.45, 2.75) is 62.8 Å². The highest BCUT2D eigenvalue weighted by Gasteiger charge is 2.45. The SMILES string of the molecule is NC(=O)C[C@H](C(=O)NCc1ccc(Cl)c(Cl)n1)N1CCC(CCc2ccccc2)N2C[C@H](N)C[C@H]2C1=O. The Kier molecular flexibility index (Phi) is 9.02. The van der Waals surface area contributed by atoms with Crippen LogP contribution in [0.15, 0.2) is 42.5 Å². The second kappa shape index (κ2) is 12.2. The molecule has 3 amide bonds. The van der Waals surface area contributed by atoms with Gasteiger partial charge in [0.2, 0.25) is 17.7 Å². The van der Waals surface area contributed by atoms with E-state index >= 15 is 0 Å². The Morgan fingerprint density at radius 1 is 1.16 bits per heavy atom. The molecule has 1 aromatic heterocycles. The van der Waals surface area contributed by atoms with Crippen LogP contribution in [0.5, 0.6) is 0 Å². The van der Waals surface area contributed by atoms with Crippen molar-refractivity contribution in [1.82, 2.24) is 20.1 Å². The highest BCUT2D eigenvalue weighted by molar-refractivity contribution is 6.41. The number of nitrogens with zero attached hydrogens (tertiary/aromatic N) is 3. The molecular formula is C26H32Cl2N6O3. The van der Waals surface area contributed by atoms with Crippen LogP contribution in [-0.2, 0) is 27.3 Å². The molecule has 3 heterocycles. The molecule has 11 heteroatoms. The van der Waals surface area contributed by atoms with Crippen molar-refractivity contribution in [3.05, 3.63) is 63.9 Å². The first kappa shape index (κ1) is 27.3.